The summed E-state index contributed by atoms with van der Waals surface area (Å²) in [4.78, 5) is 12.5. The lowest BCUT2D eigenvalue weighted by Gasteiger charge is -2.35. The van der Waals surface area contributed by atoms with Crippen LogP contribution in [0.1, 0.15) is 56.1 Å². The topological polar surface area (TPSA) is 120 Å². The van der Waals surface area contributed by atoms with E-state index in [9.17, 15) is 18.3 Å². The minimum Gasteiger partial charge on any atom is -0.384 e. The van der Waals surface area contributed by atoms with Crippen molar-refractivity contribution >= 4 is 11.6 Å². The number of pyridine rings is 3. The Bertz CT molecular complexity index is 1670. The van der Waals surface area contributed by atoms with Crippen molar-refractivity contribution in [3.05, 3.63) is 78.1 Å². The van der Waals surface area contributed by atoms with Gasteiger partial charge in [-0.15, -0.1) is 5.10 Å². The van der Waals surface area contributed by atoms with E-state index in [4.69, 9.17) is 5.73 Å². The second-order valence-corrected chi connectivity index (χ2v) is 10.6. The normalized spacial score (nSPS) is 15.9. The van der Waals surface area contributed by atoms with Crippen LogP contribution in [0.4, 0.5) is 19.1 Å². The molecular formula is C28H27F3N8O. The predicted molar refractivity (Wildman–Crippen MR) is 142 cm³/mol. The van der Waals surface area contributed by atoms with Crippen LogP contribution in [0, 0.1) is 5.92 Å². The van der Waals surface area contributed by atoms with Crippen LogP contribution < -0.4 is 5.73 Å². The molecule has 40 heavy (non-hydrogen) atoms. The molecule has 0 aliphatic heterocycles. The highest BCUT2D eigenvalue weighted by Crippen LogP contribution is 2.40. The first-order valence-electron chi connectivity index (χ1n) is 13.0. The summed E-state index contributed by atoms with van der Waals surface area (Å²) in [5.74, 6) is 0.146. The molecule has 0 amide bonds. The highest BCUT2D eigenvalue weighted by molar-refractivity contribution is 5.74. The monoisotopic (exact) mass is 548 g/mol. The number of anilines is 1. The number of hydrogen-bond acceptors (Lipinski definition) is 7. The van der Waals surface area contributed by atoms with Gasteiger partial charge in [-0.1, -0.05) is 19.9 Å². The van der Waals surface area contributed by atoms with Crippen LogP contribution in [-0.2, 0) is 11.8 Å². The lowest BCUT2D eigenvalue weighted by atomic mass is 9.77. The zero-order valence-electron chi connectivity index (χ0n) is 21.8. The van der Waals surface area contributed by atoms with E-state index in [0.29, 0.717) is 35.4 Å². The number of hydrogen-bond donors (Lipinski definition) is 2. The van der Waals surface area contributed by atoms with Crippen LogP contribution in [-0.4, -0.2) is 39.5 Å². The standard InChI is InChI=1S/C28H27F3N8O/c1-16(2)25(18-5-7-23(34-13-18)28(29,30)31)38-15-20(14-35-38)19-10-21(39-24(11-19)36-26(32)37-39)17-4-6-22(33-12-17)27(40)8-3-9-27/h4-7,10-16,25,40H,3,8-9H2,1-2H3,(H2,32,37). The van der Waals surface area contributed by atoms with Gasteiger partial charge in [0.05, 0.1) is 23.6 Å². The average molecular weight is 549 g/mol. The fourth-order valence-corrected chi connectivity index (χ4v) is 5.19. The molecule has 5 aromatic rings. The van der Waals surface area contributed by atoms with E-state index in [1.807, 2.05) is 44.3 Å². The summed E-state index contributed by atoms with van der Waals surface area (Å²) in [7, 11) is 0. The van der Waals surface area contributed by atoms with Crippen LogP contribution in [0.2, 0.25) is 0 Å². The first-order valence-corrected chi connectivity index (χ1v) is 13.0. The zero-order valence-corrected chi connectivity index (χ0v) is 21.8. The molecule has 6 rings (SSSR count). The van der Waals surface area contributed by atoms with E-state index in [1.54, 1.807) is 21.6 Å². The molecule has 0 saturated heterocycles. The Balaban J connectivity index is 1.37. The number of rotatable bonds is 6. The SMILES string of the molecule is CC(C)C(c1ccc(C(F)(F)F)nc1)n1cc(-c2cc(-c3ccc(C4(O)CCC4)nc3)n3nc(N)nc3c2)cn1. The first kappa shape index (κ1) is 25.9. The number of fused-ring (bicyclic) bond motifs is 1. The van der Waals surface area contributed by atoms with E-state index in [1.165, 1.54) is 12.3 Å². The molecule has 1 aliphatic carbocycles. The van der Waals surface area contributed by atoms with E-state index in [2.05, 4.69) is 25.1 Å². The van der Waals surface area contributed by atoms with Crippen molar-refractivity contribution in [3.8, 4) is 22.4 Å². The van der Waals surface area contributed by atoms with Crippen molar-refractivity contribution < 1.29 is 18.3 Å². The molecule has 3 N–H and O–H groups in total. The lowest BCUT2D eigenvalue weighted by molar-refractivity contribution is -0.141. The largest absolute Gasteiger partial charge is 0.433 e. The number of aliphatic hydroxyl groups is 1. The summed E-state index contributed by atoms with van der Waals surface area (Å²) in [5, 5.41) is 19.6. The van der Waals surface area contributed by atoms with Crippen molar-refractivity contribution in [3.63, 3.8) is 0 Å². The van der Waals surface area contributed by atoms with Crippen molar-refractivity contribution in [1.29, 1.82) is 0 Å². The Kier molecular flexibility index (Phi) is 6.10. The van der Waals surface area contributed by atoms with Crippen LogP contribution in [0.5, 0.6) is 0 Å². The maximum atomic E-state index is 13.0. The Morgan fingerprint density at radius 1 is 0.975 bits per heavy atom. The van der Waals surface area contributed by atoms with Gasteiger partial charge in [0.1, 0.15) is 11.3 Å². The molecular weight excluding hydrogens is 521 g/mol. The van der Waals surface area contributed by atoms with Gasteiger partial charge in [0, 0.05) is 29.7 Å². The smallest absolute Gasteiger partial charge is 0.384 e. The third kappa shape index (κ3) is 4.57. The molecule has 0 aromatic carbocycles. The highest BCUT2D eigenvalue weighted by Gasteiger charge is 2.37. The number of halogens is 3. The van der Waals surface area contributed by atoms with E-state index in [0.717, 1.165) is 29.2 Å². The van der Waals surface area contributed by atoms with Gasteiger partial charge in [-0.25, -0.2) is 4.52 Å². The van der Waals surface area contributed by atoms with Crippen LogP contribution in [0.15, 0.2) is 61.2 Å². The Hall–Kier alpha value is -4.32. The number of alkyl halides is 3. The van der Waals surface area contributed by atoms with Gasteiger partial charge >= 0.3 is 6.18 Å². The molecule has 5 heterocycles. The van der Waals surface area contributed by atoms with Gasteiger partial charge in [-0.2, -0.15) is 23.3 Å². The third-order valence-corrected chi connectivity index (χ3v) is 7.44. The Morgan fingerprint density at radius 3 is 2.38 bits per heavy atom. The van der Waals surface area contributed by atoms with Gasteiger partial charge < -0.3 is 10.8 Å². The van der Waals surface area contributed by atoms with E-state index in [-0.39, 0.29) is 17.9 Å². The van der Waals surface area contributed by atoms with E-state index < -0.39 is 17.5 Å². The number of nitrogens with two attached hydrogens (primary N) is 1. The predicted octanol–water partition coefficient (Wildman–Crippen LogP) is 5.27. The average Bonchev–Trinajstić information content (AvgIpc) is 3.52. The fourth-order valence-electron chi connectivity index (χ4n) is 5.19. The Morgan fingerprint density at radius 2 is 1.77 bits per heavy atom. The second-order valence-electron chi connectivity index (χ2n) is 10.6. The summed E-state index contributed by atoms with van der Waals surface area (Å²) in [6.45, 7) is 3.95. The fraction of sp³-hybridized carbons (Fsp3) is 0.321. The van der Waals surface area contributed by atoms with Gasteiger partial charge in [-0.3, -0.25) is 14.6 Å². The van der Waals surface area contributed by atoms with Crippen LogP contribution in [0.25, 0.3) is 28.0 Å². The molecule has 0 bridgehead atoms. The molecule has 1 atom stereocenters. The molecule has 1 aliphatic rings. The van der Waals surface area contributed by atoms with Gasteiger partial charge in [-0.05, 0) is 66.6 Å². The molecule has 0 spiro atoms. The van der Waals surface area contributed by atoms with Crippen molar-refractivity contribution in [1.82, 2.24) is 34.3 Å². The maximum Gasteiger partial charge on any atom is 0.433 e. The molecule has 9 nitrogen and oxygen atoms in total. The van der Waals surface area contributed by atoms with Gasteiger partial charge in [0.25, 0.3) is 0 Å². The summed E-state index contributed by atoms with van der Waals surface area (Å²) in [5.41, 5.74) is 8.99. The quantitative estimate of drug-likeness (QED) is 0.297. The van der Waals surface area contributed by atoms with Crippen molar-refractivity contribution in [2.24, 2.45) is 5.92 Å². The summed E-state index contributed by atoms with van der Waals surface area (Å²) in [6, 6.07) is 9.61. The molecule has 1 saturated carbocycles. The third-order valence-electron chi connectivity index (χ3n) is 7.44. The number of nitrogen functional groups attached to an aromatic ring is 1. The summed E-state index contributed by atoms with van der Waals surface area (Å²) < 4.78 is 42.5. The molecule has 206 valence electrons. The van der Waals surface area contributed by atoms with Gasteiger partial charge in [0.15, 0.2) is 5.65 Å². The highest BCUT2D eigenvalue weighted by atomic mass is 19.4. The number of nitrogens with zero attached hydrogens (tertiary/aromatic N) is 7. The van der Waals surface area contributed by atoms with Crippen molar-refractivity contribution in [2.45, 2.75) is 50.9 Å². The Labute approximate surface area is 227 Å². The maximum absolute atomic E-state index is 13.0. The first-order chi connectivity index (χ1) is 19.0. The molecule has 12 heteroatoms. The van der Waals surface area contributed by atoms with Crippen LogP contribution >= 0.6 is 0 Å². The van der Waals surface area contributed by atoms with Gasteiger partial charge in [0.2, 0.25) is 5.95 Å². The summed E-state index contributed by atoms with van der Waals surface area (Å²) in [6.07, 6.45) is 4.39. The summed E-state index contributed by atoms with van der Waals surface area (Å²) >= 11 is 0. The zero-order chi connectivity index (χ0) is 28.2. The lowest BCUT2D eigenvalue weighted by Crippen LogP contribution is -2.34. The van der Waals surface area contributed by atoms with E-state index >= 15 is 0 Å². The van der Waals surface area contributed by atoms with Crippen LogP contribution in [0.3, 0.4) is 0 Å². The minimum absolute atomic E-state index is 0.0238. The molecule has 1 fully saturated rings. The molecule has 0 radical (unpaired) electrons. The second kappa shape index (κ2) is 9.40. The number of aromatic nitrogens is 7. The molecule has 5 aromatic heterocycles. The molecule has 1 unspecified atom stereocenters. The minimum atomic E-state index is -4.50. The van der Waals surface area contributed by atoms with Crippen molar-refractivity contribution in [2.75, 3.05) is 5.73 Å².